The second kappa shape index (κ2) is 9.05. The van der Waals surface area contributed by atoms with Crippen molar-refractivity contribution in [3.8, 4) is 28.6 Å². The van der Waals surface area contributed by atoms with Gasteiger partial charge in [0, 0.05) is 36.7 Å². The van der Waals surface area contributed by atoms with Crippen LogP contribution >= 0.6 is 0 Å². The number of aromatic hydroxyl groups is 1. The van der Waals surface area contributed by atoms with E-state index in [0.29, 0.717) is 37.6 Å². The summed E-state index contributed by atoms with van der Waals surface area (Å²) in [6, 6.07) is 12.6. The SMILES string of the molecule is CC1(C)CC(=O)c2c(O)cc(OCC(=O)N3CCC(c4nc(-c5ccccc5)no4)CC3)cc2O1. The van der Waals surface area contributed by atoms with Gasteiger partial charge in [0.2, 0.25) is 11.7 Å². The molecule has 35 heavy (non-hydrogen) atoms. The summed E-state index contributed by atoms with van der Waals surface area (Å²) in [7, 11) is 0. The molecule has 0 saturated carbocycles. The molecule has 5 rings (SSSR count). The van der Waals surface area contributed by atoms with E-state index in [1.54, 1.807) is 11.0 Å². The number of Topliss-reactive ketones (excluding diaryl/α,β-unsaturated/α-hetero) is 1. The number of aromatic nitrogens is 2. The first-order valence-corrected chi connectivity index (χ1v) is 11.7. The quantitative estimate of drug-likeness (QED) is 0.587. The zero-order valence-corrected chi connectivity index (χ0v) is 19.7. The van der Waals surface area contributed by atoms with Crippen molar-refractivity contribution in [2.24, 2.45) is 0 Å². The van der Waals surface area contributed by atoms with Crippen LogP contribution in [0.2, 0.25) is 0 Å². The van der Waals surface area contributed by atoms with E-state index in [9.17, 15) is 14.7 Å². The summed E-state index contributed by atoms with van der Waals surface area (Å²) in [5.74, 6) is 1.24. The Balaban J connectivity index is 1.17. The number of piperidine rings is 1. The summed E-state index contributed by atoms with van der Waals surface area (Å²) in [5.41, 5.74) is 0.385. The largest absolute Gasteiger partial charge is 0.507 e. The zero-order valence-electron chi connectivity index (χ0n) is 19.7. The number of carbonyl (C=O) groups is 2. The van der Waals surface area contributed by atoms with Crippen LogP contribution in [0.15, 0.2) is 47.0 Å². The standard InChI is InChI=1S/C26H27N3O6/c1-26(2)14-20(31)23-19(30)12-18(13-21(23)34-26)33-15-22(32)29-10-8-17(9-11-29)25-27-24(28-35-25)16-6-4-3-5-7-16/h3-7,12-13,17,30H,8-11,14-15H2,1-2H3. The number of amides is 1. The lowest BCUT2D eigenvalue weighted by Gasteiger charge is -2.32. The van der Waals surface area contributed by atoms with Crippen molar-refractivity contribution in [3.63, 3.8) is 0 Å². The van der Waals surface area contributed by atoms with Crippen molar-refractivity contribution in [3.05, 3.63) is 53.9 Å². The van der Waals surface area contributed by atoms with Crippen molar-refractivity contribution in [2.45, 2.75) is 44.6 Å². The van der Waals surface area contributed by atoms with Gasteiger partial charge in [-0.05, 0) is 26.7 Å². The Morgan fingerprint density at radius 2 is 1.94 bits per heavy atom. The molecule has 0 aliphatic carbocycles. The summed E-state index contributed by atoms with van der Waals surface area (Å²) in [4.78, 5) is 31.4. The zero-order chi connectivity index (χ0) is 24.6. The highest BCUT2D eigenvalue weighted by molar-refractivity contribution is 6.03. The Kier molecular flexibility index (Phi) is 5.92. The normalized spacial score (nSPS) is 17.5. The Hall–Kier alpha value is -3.88. The van der Waals surface area contributed by atoms with Crippen molar-refractivity contribution in [1.82, 2.24) is 15.0 Å². The van der Waals surface area contributed by atoms with Crippen LogP contribution in [-0.2, 0) is 4.79 Å². The van der Waals surface area contributed by atoms with Gasteiger partial charge in [-0.2, -0.15) is 4.98 Å². The molecule has 9 nitrogen and oxygen atoms in total. The van der Waals surface area contributed by atoms with Gasteiger partial charge in [-0.25, -0.2) is 0 Å². The number of phenols is 1. The van der Waals surface area contributed by atoms with Gasteiger partial charge in [0.15, 0.2) is 12.4 Å². The summed E-state index contributed by atoms with van der Waals surface area (Å²) in [5, 5.41) is 14.4. The first kappa shape index (κ1) is 22.9. The third-order valence-electron chi connectivity index (χ3n) is 6.34. The van der Waals surface area contributed by atoms with Gasteiger partial charge in [0.1, 0.15) is 28.4 Å². The molecule has 0 spiro atoms. The minimum atomic E-state index is -0.671. The highest BCUT2D eigenvalue weighted by atomic mass is 16.5. The molecule has 182 valence electrons. The number of ketones is 1. The first-order chi connectivity index (χ1) is 16.8. The van der Waals surface area contributed by atoms with Crippen LogP contribution < -0.4 is 9.47 Å². The van der Waals surface area contributed by atoms with E-state index in [-0.39, 0.29) is 53.4 Å². The lowest BCUT2D eigenvalue weighted by atomic mass is 9.92. The van der Waals surface area contributed by atoms with Crippen LogP contribution in [0.3, 0.4) is 0 Å². The predicted molar refractivity (Wildman–Crippen MR) is 126 cm³/mol. The molecule has 3 heterocycles. The topological polar surface area (TPSA) is 115 Å². The molecular formula is C26H27N3O6. The molecule has 3 aromatic rings. The molecule has 1 aromatic heterocycles. The molecule has 2 aromatic carbocycles. The molecular weight excluding hydrogens is 450 g/mol. The number of likely N-dealkylation sites (tertiary alicyclic amines) is 1. The second-order valence-electron chi connectivity index (χ2n) is 9.54. The second-order valence-corrected chi connectivity index (χ2v) is 9.54. The monoisotopic (exact) mass is 477 g/mol. The van der Waals surface area contributed by atoms with E-state index in [1.807, 2.05) is 44.2 Å². The number of hydrogen-bond donors (Lipinski definition) is 1. The summed E-state index contributed by atoms with van der Waals surface area (Å²) >= 11 is 0. The molecule has 1 fully saturated rings. The van der Waals surface area contributed by atoms with Crippen LogP contribution in [0.1, 0.15) is 55.3 Å². The van der Waals surface area contributed by atoms with Gasteiger partial charge in [-0.15, -0.1) is 0 Å². The highest BCUT2D eigenvalue weighted by Gasteiger charge is 2.35. The van der Waals surface area contributed by atoms with Crippen LogP contribution in [-0.4, -0.2) is 57.1 Å². The lowest BCUT2D eigenvalue weighted by molar-refractivity contribution is -0.134. The third-order valence-corrected chi connectivity index (χ3v) is 6.34. The van der Waals surface area contributed by atoms with E-state index in [2.05, 4.69) is 10.1 Å². The van der Waals surface area contributed by atoms with Crippen molar-refractivity contribution >= 4 is 11.7 Å². The number of ether oxygens (including phenoxy) is 2. The molecule has 0 radical (unpaired) electrons. The van der Waals surface area contributed by atoms with E-state index < -0.39 is 5.60 Å². The smallest absolute Gasteiger partial charge is 0.260 e. The van der Waals surface area contributed by atoms with Gasteiger partial charge in [-0.3, -0.25) is 9.59 Å². The number of fused-ring (bicyclic) bond motifs is 1. The van der Waals surface area contributed by atoms with Gasteiger partial charge < -0.3 is 24.0 Å². The molecule has 0 bridgehead atoms. The molecule has 1 amide bonds. The maximum atomic E-state index is 12.7. The fourth-order valence-corrected chi connectivity index (χ4v) is 4.55. The van der Waals surface area contributed by atoms with E-state index in [0.717, 1.165) is 5.56 Å². The molecule has 1 saturated heterocycles. The number of hydrogen-bond acceptors (Lipinski definition) is 8. The number of nitrogens with zero attached hydrogens (tertiary/aromatic N) is 3. The predicted octanol–water partition coefficient (Wildman–Crippen LogP) is 3.97. The average molecular weight is 478 g/mol. The number of phenolic OH excluding ortho intramolecular Hbond substituents is 1. The number of carbonyl (C=O) groups excluding carboxylic acids is 2. The van der Waals surface area contributed by atoms with Crippen LogP contribution in [0.4, 0.5) is 0 Å². The molecule has 0 unspecified atom stereocenters. The van der Waals surface area contributed by atoms with Crippen molar-refractivity contribution in [1.29, 1.82) is 0 Å². The molecule has 2 aliphatic rings. The van der Waals surface area contributed by atoms with Gasteiger partial charge in [0.25, 0.3) is 5.91 Å². The summed E-state index contributed by atoms with van der Waals surface area (Å²) < 4.78 is 17.0. The number of benzene rings is 2. The van der Waals surface area contributed by atoms with Crippen molar-refractivity contribution < 1.29 is 28.7 Å². The minimum absolute atomic E-state index is 0.0977. The molecule has 2 aliphatic heterocycles. The fourth-order valence-electron chi connectivity index (χ4n) is 4.55. The van der Waals surface area contributed by atoms with Crippen molar-refractivity contribution in [2.75, 3.05) is 19.7 Å². The average Bonchev–Trinajstić information content (AvgIpc) is 3.32. The van der Waals surface area contributed by atoms with Crippen LogP contribution in [0, 0.1) is 0 Å². The summed E-state index contributed by atoms with van der Waals surface area (Å²) in [6.07, 6.45) is 1.61. The van der Waals surface area contributed by atoms with E-state index in [1.165, 1.54) is 6.07 Å². The summed E-state index contributed by atoms with van der Waals surface area (Å²) in [6.45, 7) is 4.54. The third kappa shape index (κ3) is 4.84. The maximum Gasteiger partial charge on any atom is 0.260 e. The molecule has 0 atom stereocenters. The van der Waals surface area contributed by atoms with Gasteiger partial charge >= 0.3 is 0 Å². The van der Waals surface area contributed by atoms with Gasteiger partial charge in [0.05, 0.1) is 6.42 Å². The lowest BCUT2D eigenvalue weighted by Crippen LogP contribution is -2.40. The maximum absolute atomic E-state index is 12.7. The Morgan fingerprint density at radius 1 is 1.20 bits per heavy atom. The first-order valence-electron chi connectivity index (χ1n) is 11.7. The Labute approximate surface area is 202 Å². The highest BCUT2D eigenvalue weighted by Crippen LogP contribution is 2.41. The molecule has 9 heteroatoms. The molecule has 1 N–H and O–H groups in total. The van der Waals surface area contributed by atoms with E-state index >= 15 is 0 Å². The Morgan fingerprint density at radius 3 is 2.69 bits per heavy atom. The van der Waals surface area contributed by atoms with Crippen LogP contribution in [0.5, 0.6) is 17.2 Å². The fraction of sp³-hybridized carbons (Fsp3) is 0.385. The number of rotatable bonds is 5. The van der Waals surface area contributed by atoms with Crippen LogP contribution in [0.25, 0.3) is 11.4 Å². The Bertz CT molecular complexity index is 1250. The van der Waals surface area contributed by atoms with Gasteiger partial charge in [-0.1, -0.05) is 35.5 Å². The minimum Gasteiger partial charge on any atom is -0.507 e. The van der Waals surface area contributed by atoms with E-state index in [4.69, 9.17) is 14.0 Å².